The summed E-state index contributed by atoms with van der Waals surface area (Å²) in [5.74, 6) is 0.404. The van der Waals surface area contributed by atoms with E-state index in [1.54, 1.807) is 6.07 Å². The van der Waals surface area contributed by atoms with Gasteiger partial charge in [-0.05, 0) is 89.5 Å². The number of hydrogen-bond donors (Lipinski definition) is 1. The van der Waals surface area contributed by atoms with E-state index in [1.807, 2.05) is 12.1 Å². The molecule has 0 heterocycles. The quantitative estimate of drug-likeness (QED) is 0.380. The average molecular weight is 441 g/mol. The van der Waals surface area contributed by atoms with Crippen molar-refractivity contribution in [2.75, 3.05) is 0 Å². The number of benzene rings is 3. The van der Waals surface area contributed by atoms with Gasteiger partial charge in [-0.15, -0.1) is 0 Å². The van der Waals surface area contributed by atoms with E-state index in [-0.39, 0.29) is 0 Å². The summed E-state index contributed by atoms with van der Waals surface area (Å²) >= 11 is 0. The first-order chi connectivity index (χ1) is 16.1. The maximum absolute atomic E-state index is 11.8. The molecular weight excluding hydrogens is 404 g/mol. The molecule has 0 aromatic heterocycles. The molecule has 1 aliphatic carbocycles. The van der Waals surface area contributed by atoms with Gasteiger partial charge in [0.25, 0.3) is 0 Å². The molecule has 33 heavy (non-hydrogen) atoms. The first-order valence-electron chi connectivity index (χ1n) is 12.7. The van der Waals surface area contributed by atoms with Crippen LogP contribution in [0.5, 0.6) is 0 Å². The summed E-state index contributed by atoms with van der Waals surface area (Å²) in [4.78, 5) is 11.8. The molecule has 2 nitrogen and oxygen atoms in total. The van der Waals surface area contributed by atoms with E-state index >= 15 is 0 Å². The highest BCUT2D eigenvalue weighted by atomic mass is 16.4. The summed E-state index contributed by atoms with van der Waals surface area (Å²) in [5.41, 5.74) is 7.78. The molecule has 1 fully saturated rings. The SMILES string of the molecule is CCCc1ccc(-c2ccccc2-c2ccc(C(=O)O)cc2[C@H]2CC[C@H](CCC)CC2)cc1. The molecule has 4 rings (SSSR count). The largest absolute Gasteiger partial charge is 0.478 e. The molecule has 172 valence electrons. The molecule has 1 aliphatic rings. The summed E-state index contributed by atoms with van der Waals surface area (Å²) in [5, 5.41) is 9.68. The van der Waals surface area contributed by atoms with Crippen LogP contribution >= 0.6 is 0 Å². The Kier molecular flexibility index (Phi) is 7.65. The van der Waals surface area contributed by atoms with Crippen LogP contribution in [0.25, 0.3) is 22.3 Å². The molecule has 0 bridgehead atoms. The van der Waals surface area contributed by atoms with Crippen LogP contribution in [-0.2, 0) is 6.42 Å². The molecule has 0 unspecified atom stereocenters. The fourth-order valence-corrected chi connectivity index (χ4v) is 5.56. The number of carboxylic acid groups (broad SMARTS) is 1. The van der Waals surface area contributed by atoms with Crippen molar-refractivity contribution in [2.45, 2.75) is 71.1 Å². The van der Waals surface area contributed by atoms with E-state index in [0.29, 0.717) is 11.5 Å². The van der Waals surface area contributed by atoms with Gasteiger partial charge < -0.3 is 5.11 Å². The Bertz CT molecular complexity index is 1070. The summed E-state index contributed by atoms with van der Waals surface area (Å²) in [6.07, 6.45) is 9.60. The van der Waals surface area contributed by atoms with Crippen LogP contribution < -0.4 is 0 Å². The Hall–Kier alpha value is -2.87. The molecule has 0 saturated heterocycles. The minimum absolute atomic E-state index is 0.394. The van der Waals surface area contributed by atoms with Gasteiger partial charge in [0.2, 0.25) is 0 Å². The Morgan fingerprint density at radius 1 is 0.818 bits per heavy atom. The zero-order chi connectivity index (χ0) is 23.2. The lowest BCUT2D eigenvalue weighted by atomic mass is 9.75. The normalized spacial score (nSPS) is 18.2. The lowest BCUT2D eigenvalue weighted by molar-refractivity contribution is 0.0696. The lowest BCUT2D eigenvalue weighted by Crippen LogP contribution is -2.14. The molecule has 3 aromatic rings. The molecule has 0 aliphatic heterocycles. The van der Waals surface area contributed by atoms with Crippen molar-refractivity contribution >= 4 is 5.97 Å². The number of rotatable bonds is 8. The van der Waals surface area contributed by atoms with Crippen molar-refractivity contribution < 1.29 is 9.90 Å². The van der Waals surface area contributed by atoms with Gasteiger partial charge in [-0.1, -0.05) is 87.7 Å². The lowest BCUT2D eigenvalue weighted by Gasteiger charge is -2.30. The highest BCUT2D eigenvalue weighted by Gasteiger charge is 2.25. The molecule has 0 atom stereocenters. The number of hydrogen-bond acceptors (Lipinski definition) is 1. The smallest absolute Gasteiger partial charge is 0.335 e. The monoisotopic (exact) mass is 440 g/mol. The van der Waals surface area contributed by atoms with Crippen LogP contribution in [-0.4, -0.2) is 11.1 Å². The van der Waals surface area contributed by atoms with Crippen LogP contribution in [0.3, 0.4) is 0 Å². The van der Waals surface area contributed by atoms with Crippen LogP contribution in [0.4, 0.5) is 0 Å². The summed E-state index contributed by atoms with van der Waals surface area (Å²) < 4.78 is 0. The first kappa shape index (κ1) is 23.3. The predicted molar refractivity (Wildman–Crippen MR) is 138 cm³/mol. The van der Waals surface area contributed by atoms with Crippen molar-refractivity contribution in [1.29, 1.82) is 0 Å². The van der Waals surface area contributed by atoms with Gasteiger partial charge in [0.1, 0.15) is 0 Å². The van der Waals surface area contributed by atoms with Crippen molar-refractivity contribution in [3.8, 4) is 22.3 Å². The van der Waals surface area contributed by atoms with E-state index in [1.165, 1.54) is 59.1 Å². The van der Waals surface area contributed by atoms with Crippen LogP contribution in [0.15, 0.2) is 66.7 Å². The van der Waals surface area contributed by atoms with E-state index in [0.717, 1.165) is 31.6 Å². The Morgan fingerprint density at radius 2 is 1.52 bits per heavy atom. The topological polar surface area (TPSA) is 37.3 Å². The van der Waals surface area contributed by atoms with Crippen LogP contribution in [0.1, 0.15) is 86.2 Å². The summed E-state index contributed by atoms with van der Waals surface area (Å²) in [6, 6.07) is 23.3. The fourth-order valence-electron chi connectivity index (χ4n) is 5.56. The van der Waals surface area contributed by atoms with Gasteiger partial charge in [-0.25, -0.2) is 4.79 Å². The zero-order valence-corrected chi connectivity index (χ0v) is 20.0. The summed E-state index contributed by atoms with van der Waals surface area (Å²) in [6.45, 7) is 4.48. The third-order valence-electron chi connectivity index (χ3n) is 7.30. The third kappa shape index (κ3) is 5.38. The second-order valence-electron chi connectivity index (χ2n) is 9.61. The number of aryl methyl sites for hydroxylation is 1. The number of carboxylic acids is 1. The van der Waals surface area contributed by atoms with Crippen LogP contribution in [0, 0.1) is 5.92 Å². The Labute approximate surface area is 198 Å². The molecule has 0 spiro atoms. The molecule has 0 radical (unpaired) electrons. The molecule has 1 N–H and O–H groups in total. The van der Waals surface area contributed by atoms with Crippen molar-refractivity contribution in [1.82, 2.24) is 0 Å². The molecule has 2 heteroatoms. The first-order valence-corrected chi connectivity index (χ1v) is 12.7. The molecular formula is C31H36O2. The standard InChI is InChI=1S/C31H36O2/c1-3-7-22-11-15-24(16-12-22)27-9-5-6-10-28(27)29-20-19-26(31(32)33)21-30(29)25-17-13-23(8-4-2)14-18-25/h5-6,9-12,15-16,19-21,23,25H,3-4,7-8,13-14,17-18H2,1-2H3,(H,32,33)/t23-,25-. The van der Waals surface area contributed by atoms with Crippen molar-refractivity contribution in [3.05, 3.63) is 83.4 Å². The molecule has 3 aromatic carbocycles. The number of aromatic carboxylic acids is 1. The highest BCUT2D eigenvalue weighted by molar-refractivity contribution is 5.91. The van der Waals surface area contributed by atoms with E-state index in [9.17, 15) is 9.90 Å². The van der Waals surface area contributed by atoms with Crippen molar-refractivity contribution in [2.24, 2.45) is 5.92 Å². The zero-order valence-electron chi connectivity index (χ0n) is 20.0. The van der Waals surface area contributed by atoms with E-state index in [4.69, 9.17) is 0 Å². The molecule has 0 amide bonds. The van der Waals surface area contributed by atoms with Crippen molar-refractivity contribution in [3.63, 3.8) is 0 Å². The van der Waals surface area contributed by atoms with Gasteiger partial charge in [0, 0.05) is 0 Å². The maximum atomic E-state index is 11.8. The average Bonchev–Trinajstić information content (AvgIpc) is 2.85. The Morgan fingerprint density at radius 3 is 2.15 bits per heavy atom. The summed E-state index contributed by atoms with van der Waals surface area (Å²) in [7, 11) is 0. The third-order valence-corrected chi connectivity index (χ3v) is 7.30. The maximum Gasteiger partial charge on any atom is 0.335 e. The van der Waals surface area contributed by atoms with E-state index < -0.39 is 5.97 Å². The van der Waals surface area contributed by atoms with E-state index in [2.05, 4.69) is 62.4 Å². The second-order valence-corrected chi connectivity index (χ2v) is 9.61. The van der Waals surface area contributed by atoms with Gasteiger partial charge in [-0.3, -0.25) is 0 Å². The van der Waals surface area contributed by atoms with Crippen LogP contribution in [0.2, 0.25) is 0 Å². The van der Waals surface area contributed by atoms with Gasteiger partial charge >= 0.3 is 5.97 Å². The molecule has 1 saturated carbocycles. The van der Waals surface area contributed by atoms with Gasteiger partial charge in [0.15, 0.2) is 0 Å². The highest BCUT2D eigenvalue weighted by Crippen LogP contribution is 2.43. The predicted octanol–water partition coefficient (Wildman–Crippen LogP) is 8.75. The fraction of sp³-hybridized carbons (Fsp3) is 0.387. The minimum Gasteiger partial charge on any atom is -0.478 e. The van der Waals surface area contributed by atoms with Gasteiger partial charge in [-0.2, -0.15) is 0 Å². The second kappa shape index (κ2) is 10.8. The Balaban J connectivity index is 1.74. The van der Waals surface area contributed by atoms with Gasteiger partial charge in [0.05, 0.1) is 5.56 Å². The number of carbonyl (C=O) groups is 1. The minimum atomic E-state index is -0.845.